The molecule has 0 amide bonds. The molecule has 2 rings (SSSR count). The Morgan fingerprint density at radius 1 is 1.18 bits per heavy atom. The standard InChI is InChI=1S/C22H22O5S/c1-3-12-27-19-8-4-16(5-9-19)6-10-20(23)17-7-11-21(26-2)18(13-17)14-28-15-22(24)25/h3-11,13H,1,12,14-15H2,2H3,(H,24,25)/b10-6+. The largest absolute Gasteiger partial charge is 0.496 e. The summed E-state index contributed by atoms with van der Waals surface area (Å²) in [6.45, 7) is 4.05. The fraction of sp³-hybridized carbons (Fsp3) is 0.182. The molecule has 0 aliphatic rings. The predicted molar refractivity (Wildman–Crippen MR) is 112 cm³/mol. The topological polar surface area (TPSA) is 72.8 Å². The third-order valence-corrected chi connectivity index (χ3v) is 4.69. The summed E-state index contributed by atoms with van der Waals surface area (Å²) in [5, 5.41) is 8.77. The number of carbonyl (C=O) groups is 2. The van der Waals surface area contributed by atoms with Crippen molar-refractivity contribution in [1.82, 2.24) is 0 Å². The van der Waals surface area contributed by atoms with Crippen LogP contribution in [0.3, 0.4) is 0 Å². The van der Waals surface area contributed by atoms with Gasteiger partial charge in [0.1, 0.15) is 18.1 Å². The Balaban J connectivity index is 2.07. The molecule has 2 aromatic carbocycles. The lowest BCUT2D eigenvalue weighted by Crippen LogP contribution is -2.01. The highest BCUT2D eigenvalue weighted by Gasteiger charge is 2.09. The zero-order valence-corrected chi connectivity index (χ0v) is 16.4. The number of ether oxygens (including phenoxy) is 2. The summed E-state index contributed by atoms with van der Waals surface area (Å²) in [7, 11) is 1.55. The van der Waals surface area contributed by atoms with Gasteiger partial charge < -0.3 is 14.6 Å². The molecule has 5 nitrogen and oxygen atoms in total. The maximum atomic E-state index is 12.5. The van der Waals surface area contributed by atoms with Crippen molar-refractivity contribution in [3.63, 3.8) is 0 Å². The number of rotatable bonds is 11. The zero-order valence-electron chi connectivity index (χ0n) is 15.6. The summed E-state index contributed by atoms with van der Waals surface area (Å²) in [4.78, 5) is 23.2. The van der Waals surface area contributed by atoms with E-state index in [4.69, 9.17) is 14.6 Å². The van der Waals surface area contributed by atoms with Crippen LogP contribution in [-0.4, -0.2) is 36.3 Å². The number of thioether (sulfide) groups is 1. The first kappa shape index (κ1) is 21.3. The molecule has 2 aromatic rings. The number of ketones is 1. The SMILES string of the molecule is C=CCOc1ccc(/C=C/C(=O)c2ccc(OC)c(CSCC(=O)O)c2)cc1. The first-order valence-electron chi connectivity index (χ1n) is 8.56. The molecule has 0 radical (unpaired) electrons. The van der Waals surface area contributed by atoms with Crippen molar-refractivity contribution in [2.45, 2.75) is 5.75 Å². The van der Waals surface area contributed by atoms with Crippen LogP contribution in [0, 0.1) is 0 Å². The number of hydrogen-bond acceptors (Lipinski definition) is 5. The molecule has 0 fully saturated rings. The average molecular weight is 398 g/mol. The van der Waals surface area contributed by atoms with Crippen molar-refractivity contribution in [1.29, 1.82) is 0 Å². The van der Waals surface area contributed by atoms with Gasteiger partial charge in [0.25, 0.3) is 0 Å². The molecule has 28 heavy (non-hydrogen) atoms. The van der Waals surface area contributed by atoms with Crippen molar-refractivity contribution in [2.75, 3.05) is 19.5 Å². The minimum atomic E-state index is -0.875. The van der Waals surface area contributed by atoms with E-state index in [1.807, 2.05) is 24.3 Å². The number of carbonyl (C=O) groups excluding carboxylic acids is 1. The van der Waals surface area contributed by atoms with Crippen LogP contribution >= 0.6 is 11.8 Å². The van der Waals surface area contributed by atoms with Crippen LogP contribution in [0.15, 0.2) is 61.2 Å². The Hall–Kier alpha value is -2.99. The highest BCUT2D eigenvalue weighted by Crippen LogP contribution is 2.25. The Morgan fingerprint density at radius 2 is 1.93 bits per heavy atom. The molecule has 0 heterocycles. The second kappa shape index (κ2) is 11.0. The number of carboxylic acid groups (broad SMARTS) is 1. The zero-order chi connectivity index (χ0) is 20.4. The van der Waals surface area contributed by atoms with Crippen LogP contribution in [0.1, 0.15) is 21.5 Å². The molecule has 1 N–H and O–H groups in total. The summed E-state index contributed by atoms with van der Waals surface area (Å²) in [6.07, 6.45) is 4.92. The molecule has 0 aliphatic carbocycles. The highest BCUT2D eigenvalue weighted by molar-refractivity contribution is 7.99. The summed E-state index contributed by atoms with van der Waals surface area (Å²) >= 11 is 1.25. The van der Waals surface area contributed by atoms with Crippen LogP contribution in [-0.2, 0) is 10.5 Å². The molecule has 0 bridgehead atoms. The Kier molecular flexibility index (Phi) is 8.37. The normalized spacial score (nSPS) is 10.6. The van der Waals surface area contributed by atoms with E-state index < -0.39 is 5.97 Å². The third kappa shape index (κ3) is 6.63. The molecule has 146 valence electrons. The van der Waals surface area contributed by atoms with Gasteiger partial charge >= 0.3 is 5.97 Å². The quantitative estimate of drug-likeness (QED) is 0.342. The number of aliphatic carboxylic acids is 1. The van der Waals surface area contributed by atoms with Gasteiger partial charge in [0.15, 0.2) is 5.78 Å². The smallest absolute Gasteiger partial charge is 0.313 e. The second-order valence-corrected chi connectivity index (χ2v) is 6.77. The van der Waals surface area contributed by atoms with Crippen molar-refractivity contribution in [3.8, 4) is 11.5 Å². The van der Waals surface area contributed by atoms with E-state index in [1.54, 1.807) is 37.5 Å². The fourth-order valence-electron chi connectivity index (χ4n) is 2.39. The van der Waals surface area contributed by atoms with Crippen LogP contribution < -0.4 is 9.47 Å². The van der Waals surface area contributed by atoms with Crippen molar-refractivity contribution in [3.05, 3.63) is 77.9 Å². The Morgan fingerprint density at radius 3 is 2.57 bits per heavy atom. The summed E-state index contributed by atoms with van der Waals surface area (Å²) in [5.74, 6) is 0.801. The van der Waals surface area contributed by atoms with Gasteiger partial charge in [-0.05, 0) is 42.0 Å². The van der Waals surface area contributed by atoms with Gasteiger partial charge in [0, 0.05) is 16.9 Å². The van der Waals surface area contributed by atoms with E-state index in [-0.39, 0.29) is 11.5 Å². The number of allylic oxidation sites excluding steroid dienone is 1. The minimum Gasteiger partial charge on any atom is -0.496 e. The van der Waals surface area contributed by atoms with E-state index in [2.05, 4.69) is 6.58 Å². The number of methoxy groups -OCH3 is 1. The van der Waals surface area contributed by atoms with Crippen LogP contribution in [0.4, 0.5) is 0 Å². The fourth-order valence-corrected chi connectivity index (χ4v) is 3.11. The average Bonchev–Trinajstić information content (AvgIpc) is 2.70. The molecule has 6 heteroatoms. The van der Waals surface area contributed by atoms with Gasteiger partial charge in [-0.3, -0.25) is 9.59 Å². The van der Waals surface area contributed by atoms with Crippen molar-refractivity contribution in [2.24, 2.45) is 0 Å². The van der Waals surface area contributed by atoms with E-state index >= 15 is 0 Å². The van der Waals surface area contributed by atoms with Crippen molar-refractivity contribution < 1.29 is 24.2 Å². The minimum absolute atomic E-state index is 0.00621. The van der Waals surface area contributed by atoms with Gasteiger partial charge in [0.05, 0.1) is 12.9 Å². The van der Waals surface area contributed by atoms with E-state index in [0.29, 0.717) is 23.7 Å². The van der Waals surface area contributed by atoms with Gasteiger partial charge in [-0.25, -0.2) is 0 Å². The van der Waals surface area contributed by atoms with Gasteiger partial charge in [-0.2, -0.15) is 0 Å². The number of benzene rings is 2. The molecular formula is C22H22O5S. The van der Waals surface area contributed by atoms with E-state index in [0.717, 1.165) is 16.9 Å². The summed E-state index contributed by atoms with van der Waals surface area (Å²) in [5.41, 5.74) is 2.19. The van der Waals surface area contributed by atoms with E-state index in [1.165, 1.54) is 17.8 Å². The molecule has 0 saturated carbocycles. The Labute approximate surface area is 168 Å². The lowest BCUT2D eigenvalue weighted by molar-refractivity contribution is -0.133. The number of hydrogen-bond donors (Lipinski definition) is 1. The molecule has 0 saturated heterocycles. The molecule has 0 unspecified atom stereocenters. The second-order valence-electron chi connectivity index (χ2n) is 5.78. The van der Waals surface area contributed by atoms with E-state index in [9.17, 15) is 9.59 Å². The molecule has 0 aromatic heterocycles. The third-order valence-electron chi connectivity index (χ3n) is 3.72. The van der Waals surface area contributed by atoms with Crippen molar-refractivity contribution >= 4 is 29.6 Å². The number of carboxylic acids is 1. The molecule has 0 aliphatic heterocycles. The van der Waals surface area contributed by atoms with Gasteiger partial charge in [-0.15, -0.1) is 11.8 Å². The maximum absolute atomic E-state index is 12.5. The molecular weight excluding hydrogens is 376 g/mol. The Bertz CT molecular complexity index is 856. The summed E-state index contributed by atoms with van der Waals surface area (Å²) < 4.78 is 10.7. The lowest BCUT2D eigenvalue weighted by atomic mass is 10.1. The lowest BCUT2D eigenvalue weighted by Gasteiger charge is -2.09. The summed E-state index contributed by atoms with van der Waals surface area (Å²) in [6, 6.07) is 12.6. The highest BCUT2D eigenvalue weighted by atomic mass is 32.2. The van der Waals surface area contributed by atoms with Crippen LogP contribution in [0.25, 0.3) is 6.08 Å². The van der Waals surface area contributed by atoms with Gasteiger partial charge in [0.2, 0.25) is 0 Å². The molecule has 0 spiro atoms. The van der Waals surface area contributed by atoms with Crippen LogP contribution in [0.2, 0.25) is 0 Å². The monoisotopic (exact) mass is 398 g/mol. The first-order chi connectivity index (χ1) is 13.5. The maximum Gasteiger partial charge on any atom is 0.313 e. The van der Waals surface area contributed by atoms with Crippen LogP contribution in [0.5, 0.6) is 11.5 Å². The predicted octanol–water partition coefficient (Wildman–Crippen LogP) is 4.47. The van der Waals surface area contributed by atoms with Gasteiger partial charge in [-0.1, -0.05) is 30.9 Å². The molecule has 0 atom stereocenters. The first-order valence-corrected chi connectivity index (χ1v) is 9.71.